The molecule has 1 saturated heterocycles. The monoisotopic (exact) mass is 285 g/mol. The van der Waals surface area contributed by atoms with Crippen LogP contribution in [0, 0.1) is 17.3 Å². The number of nitrogens with one attached hydrogen (secondary N) is 1. The van der Waals surface area contributed by atoms with Crippen LogP contribution in [-0.2, 0) is 4.79 Å². The van der Waals surface area contributed by atoms with E-state index in [0.29, 0.717) is 18.9 Å². The van der Waals surface area contributed by atoms with Crippen molar-refractivity contribution in [3.8, 4) is 0 Å². The molecule has 0 bridgehead atoms. The summed E-state index contributed by atoms with van der Waals surface area (Å²) in [7, 11) is 0. The second-order valence-corrected chi connectivity index (χ2v) is 5.35. The van der Waals surface area contributed by atoms with Crippen molar-refractivity contribution in [3.05, 3.63) is 0 Å². The zero-order chi connectivity index (χ0) is 13.1. The van der Waals surface area contributed by atoms with E-state index in [0.717, 1.165) is 6.54 Å². The largest absolute Gasteiger partial charge is 0.481 e. The molecule has 1 fully saturated rings. The molecule has 0 radical (unpaired) electrons. The summed E-state index contributed by atoms with van der Waals surface area (Å²) in [5.41, 5.74) is -1.01. The fourth-order valence-corrected chi connectivity index (χ4v) is 2.46. The molecule has 0 saturated carbocycles. The average molecular weight is 286 g/mol. The zero-order valence-corrected chi connectivity index (χ0v) is 11.6. The highest BCUT2D eigenvalue weighted by molar-refractivity contribution is 5.85. The van der Waals surface area contributed by atoms with E-state index in [2.05, 4.69) is 5.32 Å². The van der Waals surface area contributed by atoms with Crippen LogP contribution in [0.3, 0.4) is 0 Å². The molecule has 2 N–H and O–H groups in total. The van der Waals surface area contributed by atoms with Gasteiger partial charge in [-0.05, 0) is 31.2 Å². The molecule has 0 amide bonds. The number of rotatable bonds is 5. The molecule has 3 nitrogen and oxygen atoms in total. The van der Waals surface area contributed by atoms with Crippen LogP contribution in [0.15, 0.2) is 0 Å². The van der Waals surface area contributed by atoms with E-state index in [9.17, 15) is 18.7 Å². The first-order chi connectivity index (χ1) is 7.87. The Labute approximate surface area is 113 Å². The van der Waals surface area contributed by atoms with Crippen LogP contribution in [0.1, 0.15) is 33.1 Å². The van der Waals surface area contributed by atoms with Crippen molar-refractivity contribution in [2.24, 2.45) is 17.3 Å². The van der Waals surface area contributed by atoms with Gasteiger partial charge >= 0.3 is 5.97 Å². The normalized spacial score (nSPS) is 28.2. The van der Waals surface area contributed by atoms with Gasteiger partial charge < -0.3 is 10.4 Å². The Hall–Kier alpha value is -0.420. The summed E-state index contributed by atoms with van der Waals surface area (Å²) in [5.74, 6) is -0.332. The van der Waals surface area contributed by atoms with Crippen LogP contribution in [0.5, 0.6) is 0 Å². The molecule has 0 aromatic carbocycles. The van der Waals surface area contributed by atoms with Crippen molar-refractivity contribution >= 4 is 18.4 Å². The minimum atomic E-state index is -2.43. The molecular weight excluding hydrogens is 264 g/mol. The van der Waals surface area contributed by atoms with E-state index in [1.54, 1.807) is 0 Å². The third-order valence-corrected chi connectivity index (χ3v) is 3.76. The third kappa shape index (κ3) is 4.35. The lowest BCUT2D eigenvalue weighted by molar-refractivity contribution is -0.152. The van der Waals surface area contributed by atoms with E-state index in [4.69, 9.17) is 0 Å². The number of halogens is 3. The standard InChI is InChI=1S/C12H21F2NO2.ClH/c1-8(2)9-5-12(11(16)17,7-15-6-9)4-3-10(13)14;/h8-10,15H,3-7H2,1-2H3,(H,16,17);1H. The SMILES string of the molecule is CC(C)C1CNCC(CCC(F)F)(C(=O)O)C1.Cl. The molecule has 1 heterocycles. The molecule has 0 aliphatic carbocycles. The molecule has 1 rings (SSSR count). The maximum atomic E-state index is 12.3. The maximum absolute atomic E-state index is 12.3. The second kappa shape index (κ2) is 7.24. The minimum Gasteiger partial charge on any atom is -0.481 e. The molecule has 18 heavy (non-hydrogen) atoms. The van der Waals surface area contributed by atoms with Crippen LogP contribution in [0.25, 0.3) is 0 Å². The third-order valence-electron chi connectivity index (χ3n) is 3.76. The van der Waals surface area contributed by atoms with Crippen molar-refractivity contribution in [1.29, 1.82) is 0 Å². The van der Waals surface area contributed by atoms with Gasteiger partial charge in [-0.1, -0.05) is 13.8 Å². The molecule has 6 heteroatoms. The van der Waals surface area contributed by atoms with E-state index < -0.39 is 17.8 Å². The van der Waals surface area contributed by atoms with Gasteiger partial charge in [0, 0.05) is 13.0 Å². The van der Waals surface area contributed by atoms with Crippen molar-refractivity contribution in [2.75, 3.05) is 13.1 Å². The Bertz CT molecular complexity index is 277. The first kappa shape index (κ1) is 17.6. The van der Waals surface area contributed by atoms with Gasteiger partial charge in [0.25, 0.3) is 0 Å². The average Bonchev–Trinajstić information content (AvgIpc) is 2.26. The van der Waals surface area contributed by atoms with Gasteiger partial charge in [0.05, 0.1) is 5.41 Å². The molecule has 2 atom stereocenters. The second-order valence-electron chi connectivity index (χ2n) is 5.35. The number of carbonyl (C=O) groups is 1. The Balaban J connectivity index is 0.00000289. The number of alkyl halides is 2. The van der Waals surface area contributed by atoms with Gasteiger partial charge in [0.2, 0.25) is 6.43 Å². The number of carboxylic acids is 1. The van der Waals surface area contributed by atoms with Gasteiger partial charge in [0.15, 0.2) is 0 Å². The quantitative estimate of drug-likeness (QED) is 0.817. The van der Waals surface area contributed by atoms with E-state index in [1.807, 2.05) is 13.8 Å². The number of aliphatic carboxylic acids is 1. The Morgan fingerprint density at radius 1 is 1.50 bits per heavy atom. The highest BCUT2D eigenvalue weighted by atomic mass is 35.5. The summed E-state index contributed by atoms with van der Waals surface area (Å²) < 4.78 is 24.5. The van der Waals surface area contributed by atoms with Crippen molar-refractivity contribution in [3.63, 3.8) is 0 Å². The first-order valence-corrected chi connectivity index (χ1v) is 6.09. The van der Waals surface area contributed by atoms with Gasteiger partial charge in [-0.25, -0.2) is 8.78 Å². The number of piperidine rings is 1. The fraction of sp³-hybridized carbons (Fsp3) is 0.917. The van der Waals surface area contributed by atoms with Crippen LogP contribution in [0.4, 0.5) is 8.78 Å². The topological polar surface area (TPSA) is 49.3 Å². The summed E-state index contributed by atoms with van der Waals surface area (Å²) in [6.07, 6.45) is -2.21. The van der Waals surface area contributed by atoms with Crippen LogP contribution >= 0.6 is 12.4 Å². The fourth-order valence-electron chi connectivity index (χ4n) is 2.46. The number of hydrogen-bond donors (Lipinski definition) is 2. The predicted octanol–water partition coefficient (Wildman–Crippen LogP) is 2.79. The smallest absolute Gasteiger partial charge is 0.310 e. The van der Waals surface area contributed by atoms with Gasteiger partial charge in [-0.3, -0.25) is 4.79 Å². The highest BCUT2D eigenvalue weighted by Crippen LogP contribution is 2.37. The molecule has 0 spiro atoms. The van der Waals surface area contributed by atoms with Crippen LogP contribution in [-0.4, -0.2) is 30.6 Å². The molecule has 0 aromatic rings. The lowest BCUT2D eigenvalue weighted by Crippen LogP contribution is -2.50. The van der Waals surface area contributed by atoms with Gasteiger partial charge in [-0.2, -0.15) is 0 Å². The number of carboxylic acid groups (broad SMARTS) is 1. The summed E-state index contributed by atoms with van der Waals surface area (Å²) in [6, 6.07) is 0. The number of hydrogen-bond acceptors (Lipinski definition) is 2. The summed E-state index contributed by atoms with van der Waals surface area (Å²) in [4.78, 5) is 11.4. The Morgan fingerprint density at radius 3 is 2.56 bits per heavy atom. The van der Waals surface area contributed by atoms with Crippen LogP contribution < -0.4 is 5.32 Å². The Kier molecular flexibility index (Phi) is 7.07. The van der Waals surface area contributed by atoms with Crippen LogP contribution in [0.2, 0.25) is 0 Å². The zero-order valence-electron chi connectivity index (χ0n) is 10.8. The Morgan fingerprint density at radius 2 is 2.11 bits per heavy atom. The molecule has 0 aromatic heterocycles. The van der Waals surface area contributed by atoms with Gasteiger partial charge in [0.1, 0.15) is 0 Å². The summed E-state index contributed by atoms with van der Waals surface area (Å²) in [5, 5.41) is 12.4. The summed E-state index contributed by atoms with van der Waals surface area (Å²) in [6.45, 7) is 5.16. The van der Waals surface area contributed by atoms with Crippen molar-refractivity contribution in [2.45, 2.75) is 39.5 Å². The van der Waals surface area contributed by atoms with E-state index >= 15 is 0 Å². The lowest BCUT2D eigenvalue weighted by atomic mass is 9.70. The molecule has 108 valence electrons. The molecule has 1 aliphatic rings. The van der Waals surface area contributed by atoms with E-state index in [1.165, 1.54) is 0 Å². The predicted molar refractivity (Wildman–Crippen MR) is 68.4 cm³/mol. The maximum Gasteiger partial charge on any atom is 0.310 e. The van der Waals surface area contributed by atoms with Gasteiger partial charge in [-0.15, -0.1) is 12.4 Å². The summed E-state index contributed by atoms with van der Waals surface area (Å²) >= 11 is 0. The van der Waals surface area contributed by atoms with E-state index in [-0.39, 0.29) is 31.2 Å². The molecule has 1 aliphatic heterocycles. The molecule has 2 unspecified atom stereocenters. The molecular formula is C12H22ClF2NO2. The highest BCUT2D eigenvalue weighted by Gasteiger charge is 2.43. The lowest BCUT2D eigenvalue weighted by Gasteiger charge is -2.39. The minimum absolute atomic E-state index is 0. The van der Waals surface area contributed by atoms with Crippen molar-refractivity contribution in [1.82, 2.24) is 5.32 Å². The first-order valence-electron chi connectivity index (χ1n) is 6.09. The van der Waals surface area contributed by atoms with Crippen molar-refractivity contribution < 1.29 is 18.7 Å².